The molecule has 1 aliphatic carbocycles. The van der Waals surface area contributed by atoms with E-state index in [1.807, 2.05) is 6.92 Å². The van der Waals surface area contributed by atoms with Crippen molar-refractivity contribution in [3.8, 4) is 0 Å². The molecule has 1 aromatic heterocycles. The summed E-state index contributed by atoms with van der Waals surface area (Å²) in [6.07, 6.45) is 4.82. The molecule has 0 spiro atoms. The standard InChI is InChI=1S/C11H19N3S/c1-8-6-14(11(15)12-8)7-9(2)13(3)10-4-5-10/h6,9-10H,4-5,7H2,1-3H3,(H,12,15). The topological polar surface area (TPSA) is 24.0 Å². The summed E-state index contributed by atoms with van der Waals surface area (Å²) in [5, 5.41) is 0. The van der Waals surface area contributed by atoms with E-state index in [-0.39, 0.29) is 0 Å². The van der Waals surface area contributed by atoms with Crippen LogP contribution in [0.1, 0.15) is 25.5 Å². The van der Waals surface area contributed by atoms with Crippen molar-refractivity contribution >= 4 is 12.2 Å². The van der Waals surface area contributed by atoms with Crippen LogP contribution in [0.3, 0.4) is 0 Å². The van der Waals surface area contributed by atoms with Crippen LogP contribution in [0, 0.1) is 11.7 Å². The first-order valence-corrected chi connectivity index (χ1v) is 5.96. The number of nitrogens with one attached hydrogen (secondary N) is 1. The largest absolute Gasteiger partial charge is 0.335 e. The van der Waals surface area contributed by atoms with Crippen LogP contribution in [0.4, 0.5) is 0 Å². The van der Waals surface area contributed by atoms with Crippen LogP contribution in [-0.4, -0.2) is 33.6 Å². The van der Waals surface area contributed by atoms with Gasteiger partial charge in [0.2, 0.25) is 0 Å². The Balaban J connectivity index is 2.01. The zero-order valence-electron chi connectivity index (χ0n) is 9.66. The van der Waals surface area contributed by atoms with Gasteiger partial charge in [0.15, 0.2) is 4.77 Å². The van der Waals surface area contributed by atoms with Crippen LogP contribution in [0.15, 0.2) is 6.20 Å². The smallest absolute Gasteiger partial charge is 0.177 e. The highest BCUT2D eigenvalue weighted by Gasteiger charge is 2.29. The minimum atomic E-state index is 0.555. The van der Waals surface area contributed by atoms with Crippen LogP contribution in [0.2, 0.25) is 0 Å². The third-order valence-electron chi connectivity index (χ3n) is 3.19. The summed E-state index contributed by atoms with van der Waals surface area (Å²) in [4.78, 5) is 5.62. The summed E-state index contributed by atoms with van der Waals surface area (Å²) in [5.74, 6) is 0. The second-order valence-corrected chi connectivity index (χ2v) is 5.03. The maximum absolute atomic E-state index is 5.25. The zero-order valence-corrected chi connectivity index (χ0v) is 10.5. The molecule has 0 saturated heterocycles. The highest BCUT2D eigenvalue weighted by molar-refractivity contribution is 7.71. The number of rotatable bonds is 4. The van der Waals surface area contributed by atoms with Crippen molar-refractivity contribution in [1.82, 2.24) is 14.5 Å². The Morgan fingerprint density at radius 1 is 1.67 bits per heavy atom. The first-order chi connectivity index (χ1) is 7.08. The fraction of sp³-hybridized carbons (Fsp3) is 0.727. The Hall–Kier alpha value is -0.610. The molecule has 1 heterocycles. The maximum Gasteiger partial charge on any atom is 0.177 e. The van der Waals surface area contributed by atoms with Crippen molar-refractivity contribution in [2.24, 2.45) is 0 Å². The van der Waals surface area contributed by atoms with Gasteiger partial charge in [0.05, 0.1) is 0 Å². The molecule has 1 aliphatic rings. The van der Waals surface area contributed by atoms with E-state index in [1.54, 1.807) is 0 Å². The fourth-order valence-corrected chi connectivity index (χ4v) is 2.24. The molecule has 0 amide bonds. The molecule has 1 fully saturated rings. The lowest BCUT2D eigenvalue weighted by Gasteiger charge is -2.24. The molecule has 15 heavy (non-hydrogen) atoms. The van der Waals surface area contributed by atoms with Crippen LogP contribution < -0.4 is 0 Å². The molecule has 1 atom stereocenters. The SMILES string of the molecule is Cc1cn(CC(C)N(C)C2CC2)c(=S)[nH]1. The Morgan fingerprint density at radius 3 is 2.80 bits per heavy atom. The van der Waals surface area contributed by atoms with Crippen LogP contribution in [-0.2, 0) is 6.54 Å². The Morgan fingerprint density at radius 2 is 2.33 bits per heavy atom. The summed E-state index contributed by atoms with van der Waals surface area (Å²) >= 11 is 5.25. The first-order valence-electron chi connectivity index (χ1n) is 5.56. The zero-order chi connectivity index (χ0) is 11.0. The Bertz CT molecular complexity index is 389. The van der Waals surface area contributed by atoms with Gasteiger partial charge < -0.3 is 9.55 Å². The van der Waals surface area contributed by atoms with Gasteiger partial charge in [-0.2, -0.15) is 0 Å². The molecule has 0 aliphatic heterocycles. The molecule has 2 rings (SSSR count). The van der Waals surface area contributed by atoms with Crippen molar-refractivity contribution in [2.45, 2.75) is 45.3 Å². The number of H-pyrrole nitrogens is 1. The first kappa shape index (κ1) is 10.9. The second kappa shape index (κ2) is 4.10. The number of aromatic nitrogens is 2. The summed E-state index contributed by atoms with van der Waals surface area (Å²) in [5.41, 5.74) is 1.14. The van der Waals surface area contributed by atoms with Crippen molar-refractivity contribution in [1.29, 1.82) is 0 Å². The maximum atomic E-state index is 5.25. The number of aromatic amines is 1. The third-order valence-corrected chi connectivity index (χ3v) is 3.53. The summed E-state index contributed by atoms with van der Waals surface area (Å²) < 4.78 is 2.97. The number of hydrogen-bond donors (Lipinski definition) is 1. The van der Waals surface area contributed by atoms with E-state index in [0.29, 0.717) is 6.04 Å². The van der Waals surface area contributed by atoms with E-state index in [1.165, 1.54) is 12.8 Å². The molecule has 84 valence electrons. The molecule has 0 aromatic carbocycles. The number of imidazole rings is 1. The predicted octanol–water partition coefficient (Wildman–Crippen LogP) is 2.34. The average Bonchev–Trinajstić information content (AvgIpc) is 2.94. The highest BCUT2D eigenvalue weighted by Crippen LogP contribution is 2.27. The average molecular weight is 225 g/mol. The van der Waals surface area contributed by atoms with Crippen molar-refractivity contribution in [3.05, 3.63) is 16.7 Å². The summed E-state index contributed by atoms with van der Waals surface area (Å²) in [6.45, 7) is 5.29. The summed E-state index contributed by atoms with van der Waals surface area (Å²) in [7, 11) is 2.21. The predicted molar refractivity (Wildman–Crippen MR) is 64.6 cm³/mol. The molecule has 1 aromatic rings. The monoisotopic (exact) mass is 225 g/mol. The molecule has 3 nitrogen and oxygen atoms in total. The van der Waals surface area contributed by atoms with Gasteiger partial charge in [0.25, 0.3) is 0 Å². The molecular weight excluding hydrogens is 206 g/mol. The van der Waals surface area contributed by atoms with Gasteiger partial charge in [-0.15, -0.1) is 0 Å². The Labute approximate surface area is 96.1 Å². The van der Waals surface area contributed by atoms with Crippen LogP contribution >= 0.6 is 12.2 Å². The number of likely N-dealkylation sites (N-methyl/N-ethyl adjacent to an activating group) is 1. The van der Waals surface area contributed by atoms with E-state index >= 15 is 0 Å². The molecule has 1 N–H and O–H groups in total. The fourth-order valence-electron chi connectivity index (χ4n) is 1.96. The molecule has 1 unspecified atom stereocenters. The van der Waals surface area contributed by atoms with E-state index in [2.05, 4.69) is 34.6 Å². The van der Waals surface area contributed by atoms with Crippen LogP contribution in [0.5, 0.6) is 0 Å². The van der Waals surface area contributed by atoms with E-state index < -0.39 is 0 Å². The quantitative estimate of drug-likeness (QED) is 0.795. The highest BCUT2D eigenvalue weighted by atomic mass is 32.1. The minimum Gasteiger partial charge on any atom is -0.335 e. The van der Waals surface area contributed by atoms with Gasteiger partial charge in [0, 0.05) is 30.5 Å². The lowest BCUT2D eigenvalue weighted by molar-refractivity contribution is 0.225. The number of nitrogens with zero attached hydrogens (tertiary/aromatic N) is 2. The Kier molecular flexibility index (Phi) is 2.98. The van der Waals surface area contributed by atoms with Gasteiger partial charge in [-0.3, -0.25) is 4.90 Å². The van der Waals surface area contributed by atoms with Gasteiger partial charge >= 0.3 is 0 Å². The normalized spacial score (nSPS) is 18.4. The number of hydrogen-bond acceptors (Lipinski definition) is 2. The van der Waals surface area contributed by atoms with Gasteiger partial charge in [-0.25, -0.2) is 0 Å². The van der Waals surface area contributed by atoms with Crippen molar-refractivity contribution in [2.75, 3.05) is 7.05 Å². The van der Waals surface area contributed by atoms with Gasteiger partial charge in [0.1, 0.15) is 0 Å². The number of aryl methyl sites for hydroxylation is 1. The van der Waals surface area contributed by atoms with E-state index in [9.17, 15) is 0 Å². The molecule has 0 radical (unpaired) electrons. The van der Waals surface area contributed by atoms with E-state index in [0.717, 1.165) is 23.1 Å². The van der Waals surface area contributed by atoms with E-state index in [4.69, 9.17) is 12.2 Å². The third kappa shape index (κ3) is 2.49. The molecule has 4 heteroatoms. The lowest BCUT2D eigenvalue weighted by atomic mass is 10.3. The second-order valence-electron chi connectivity index (χ2n) is 4.64. The minimum absolute atomic E-state index is 0.555. The molecule has 0 bridgehead atoms. The van der Waals surface area contributed by atoms with Gasteiger partial charge in [-0.05, 0) is 46.0 Å². The lowest BCUT2D eigenvalue weighted by Crippen LogP contribution is -2.34. The van der Waals surface area contributed by atoms with Crippen LogP contribution in [0.25, 0.3) is 0 Å². The van der Waals surface area contributed by atoms with Gasteiger partial charge in [-0.1, -0.05) is 0 Å². The molecular formula is C11H19N3S. The molecule has 1 saturated carbocycles. The summed E-state index contributed by atoms with van der Waals surface area (Å²) in [6, 6.07) is 1.37. The van der Waals surface area contributed by atoms with Crippen molar-refractivity contribution < 1.29 is 0 Å². The van der Waals surface area contributed by atoms with Crippen molar-refractivity contribution in [3.63, 3.8) is 0 Å².